The Bertz CT molecular complexity index is 392. The van der Waals surface area contributed by atoms with Crippen LogP contribution in [0.5, 0.6) is 0 Å². The van der Waals surface area contributed by atoms with Crippen molar-refractivity contribution in [2.24, 2.45) is 0 Å². The third-order valence-electron chi connectivity index (χ3n) is 2.50. The highest BCUT2D eigenvalue weighted by molar-refractivity contribution is 9.09. The van der Waals surface area contributed by atoms with Crippen LogP contribution in [0.1, 0.15) is 29.2 Å². The van der Waals surface area contributed by atoms with Crippen LogP contribution in [0.15, 0.2) is 18.2 Å². The molecule has 0 saturated heterocycles. The summed E-state index contributed by atoms with van der Waals surface area (Å²) in [5, 5.41) is 28.3. The molecule has 1 aromatic carbocycles. The molecule has 0 fully saturated rings. The van der Waals surface area contributed by atoms with Crippen LogP contribution in [0.3, 0.4) is 0 Å². The van der Waals surface area contributed by atoms with Gasteiger partial charge in [-0.3, -0.25) is 0 Å². The molecule has 0 aliphatic carbocycles. The lowest BCUT2D eigenvalue weighted by Gasteiger charge is -2.13. The predicted octanol–water partition coefficient (Wildman–Crippen LogP) is 1.62. The van der Waals surface area contributed by atoms with E-state index in [4.69, 9.17) is 10.2 Å². The van der Waals surface area contributed by atoms with E-state index in [1.807, 2.05) is 0 Å². The third-order valence-corrected chi connectivity index (χ3v) is 3.06. The van der Waals surface area contributed by atoms with Crippen LogP contribution < -0.4 is 0 Å². The summed E-state index contributed by atoms with van der Waals surface area (Å²) in [6, 6.07) is 5.04. The van der Waals surface area contributed by atoms with Crippen molar-refractivity contribution in [3.05, 3.63) is 34.9 Å². The molecular weight excluding hydrogens is 288 g/mol. The normalized spacial score (nSPS) is 12.4. The maximum Gasteiger partial charge on any atom is 0.337 e. The minimum atomic E-state index is -1.54. The molecule has 0 heterocycles. The molecule has 0 aliphatic rings. The standard InChI is InChI=1S/C12H15BrO4/c13-5-1-2-9-4-3-8(7-14)6-10(9)11(15)12(16)17/h3-4,6,11,14-15H,1-2,5,7H2,(H,16,17). The van der Waals surface area contributed by atoms with Gasteiger partial charge in [-0.15, -0.1) is 0 Å². The fourth-order valence-corrected chi connectivity index (χ4v) is 1.90. The second-order valence-corrected chi connectivity index (χ2v) is 4.52. The quantitative estimate of drug-likeness (QED) is 0.698. The summed E-state index contributed by atoms with van der Waals surface area (Å²) in [5.74, 6) is -1.28. The van der Waals surface area contributed by atoms with Crippen LogP contribution in [0.25, 0.3) is 0 Å². The number of aliphatic hydroxyl groups is 2. The van der Waals surface area contributed by atoms with Gasteiger partial charge in [0.1, 0.15) is 0 Å². The van der Waals surface area contributed by atoms with Gasteiger partial charge in [-0.25, -0.2) is 4.79 Å². The van der Waals surface area contributed by atoms with Crippen LogP contribution in [0.2, 0.25) is 0 Å². The summed E-state index contributed by atoms with van der Waals surface area (Å²) in [4.78, 5) is 10.8. The van der Waals surface area contributed by atoms with E-state index in [0.29, 0.717) is 17.5 Å². The maximum absolute atomic E-state index is 10.8. The number of rotatable bonds is 6. The zero-order valence-corrected chi connectivity index (χ0v) is 10.9. The molecule has 1 aromatic rings. The highest BCUT2D eigenvalue weighted by atomic mass is 79.9. The minimum absolute atomic E-state index is 0.169. The zero-order chi connectivity index (χ0) is 12.8. The molecule has 0 spiro atoms. The van der Waals surface area contributed by atoms with E-state index in [9.17, 15) is 9.90 Å². The van der Waals surface area contributed by atoms with Gasteiger partial charge in [-0.2, -0.15) is 0 Å². The summed E-state index contributed by atoms with van der Waals surface area (Å²) in [6.07, 6.45) is 0.0147. The Morgan fingerprint density at radius 3 is 2.65 bits per heavy atom. The molecule has 1 atom stereocenters. The Kier molecular flexibility index (Phi) is 5.61. The third kappa shape index (κ3) is 3.80. The Labute approximate surface area is 108 Å². The summed E-state index contributed by atoms with van der Waals surface area (Å²) in [6.45, 7) is -0.169. The van der Waals surface area contributed by atoms with Crippen molar-refractivity contribution in [2.75, 3.05) is 5.33 Å². The van der Waals surface area contributed by atoms with Gasteiger partial charge in [0, 0.05) is 5.33 Å². The first kappa shape index (κ1) is 14.2. The highest BCUT2D eigenvalue weighted by Crippen LogP contribution is 2.22. The van der Waals surface area contributed by atoms with Crippen molar-refractivity contribution in [1.29, 1.82) is 0 Å². The minimum Gasteiger partial charge on any atom is -0.479 e. The molecule has 94 valence electrons. The van der Waals surface area contributed by atoms with Crippen LogP contribution in [-0.2, 0) is 17.8 Å². The van der Waals surface area contributed by atoms with Gasteiger partial charge in [-0.05, 0) is 29.5 Å². The van der Waals surface area contributed by atoms with Crippen molar-refractivity contribution in [3.63, 3.8) is 0 Å². The SMILES string of the molecule is O=C(O)C(O)c1cc(CO)ccc1CCCBr. The summed E-state index contributed by atoms with van der Waals surface area (Å²) < 4.78 is 0. The molecule has 0 bridgehead atoms. The van der Waals surface area contributed by atoms with Crippen LogP contribution >= 0.6 is 15.9 Å². The van der Waals surface area contributed by atoms with E-state index in [0.717, 1.165) is 17.3 Å². The molecule has 0 aromatic heterocycles. The second kappa shape index (κ2) is 6.74. The molecule has 0 saturated carbocycles. The van der Waals surface area contributed by atoms with E-state index in [1.54, 1.807) is 18.2 Å². The van der Waals surface area contributed by atoms with E-state index >= 15 is 0 Å². The molecule has 0 radical (unpaired) electrons. The van der Waals surface area contributed by atoms with Crippen molar-refractivity contribution < 1.29 is 20.1 Å². The largest absolute Gasteiger partial charge is 0.479 e. The zero-order valence-electron chi connectivity index (χ0n) is 9.27. The molecule has 4 nitrogen and oxygen atoms in total. The number of carboxylic acid groups (broad SMARTS) is 1. The van der Waals surface area contributed by atoms with E-state index < -0.39 is 12.1 Å². The number of carbonyl (C=O) groups is 1. The van der Waals surface area contributed by atoms with Crippen molar-refractivity contribution in [1.82, 2.24) is 0 Å². The number of hydrogen-bond acceptors (Lipinski definition) is 3. The van der Waals surface area contributed by atoms with Gasteiger partial charge in [0.2, 0.25) is 0 Å². The number of carboxylic acids is 1. The van der Waals surface area contributed by atoms with Gasteiger partial charge in [-0.1, -0.05) is 34.1 Å². The number of aliphatic hydroxyl groups excluding tert-OH is 2. The average molecular weight is 303 g/mol. The Morgan fingerprint density at radius 1 is 1.41 bits per heavy atom. The molecule has 3 N–H and O–H groups in total. The van der Waals surface area contributed by atoms with Crippen molar-refractivity contribution in [3.8, 4) is 0 Å². The number of aliphatic carboxylic acids is 1. The van der Waals surface area contributed by atoms with Crippen molar-refractivity contribution >= 4 is 21.9 Å². The lowest BCUT2D eigenvalue weighted by atomic mass is 9.96. The first-order valence-electron chi connectivity index (χ1n) is 5.29. The topological polar surface area (TPSA) is 77.8 Å². The van der Waals surface area contributed by atoms with Crippen LogP contribution in [0, 0.1) is 0 Å². The molecule has 17 heavy (non-hydrogen) atoms. The number of aryl methyl sites for hydroxylation is 1. The number of benzene rings is 1. The van der Waals surface area contributed by atoms with Crippen LogP contribution in [0.4, 0.5) is 0 Å². The molecule has 1 unspecified atom stereocenters. The maximum atomic E-state index is 10.8. The average Bonchev–Trinajstić information content (AvgIpc) is 2.35. The van der Waals surface area contributed by atoms with Gasteiger partial charge in [0.25, 0.3) is 0 Å². The lowest BCUT2D eigenvalue weighted by Crippen LogP contribution is -2.13. The Balaban J connectivity index is 3.06. The summed E-state index contributed by atoms with van der Waals surface area (Å²) in [7, 11) is 0. The smallest absolute Gasteiger partial charge is 0.337 e. The summed E-state index contributed by atoms with van der Waals surface area (Å²) in [5.41, 5.74) is 1.77. The van der Waals surface area contributed by atoms with Gasteiger partial charge in [0.05, 0.1) is 6.61 Å². The number of hydrogen-bond donors (Lipinski definition) is 3. The molecular formula is C12H15BrO4. The lowest BCUT2D eigenvalue weighted by molar-refractivity contribution is -0.147. The number of halogens is 1. The first-order chi connectivity index (χ1) is 8.10. The van der Waals surface area contributed by atoms with Gasteiger partial charge in [0.15, 0.2) is 6.10 Å². The molecule has 0 amide bonds. The summed E-state index contributed by atoms with van der Waals surface area (Å²) >= 11 is 3.31. The van der Waals surface area contributed by atoms with Gasteiger partial charge >= 0.3 is 5.97 Å². The van der Waals surface area contributed by atoms with Crippen molar-refractivity contribution in [2.45, 2.75) is 25.6 Å². The predicted molar refractivity (Wildman–Crippen MR) is 67.1 cm³/mol. The molecule has 1 rings (SSSR count). The van der Waals surface area contributed by atoms with E-state index in [1.165, 1.54) is 0 Å². The fraction of sp³-hybridized carbons (Fsp3) is 0.417. The molecule has 0 aliphatic heterocycles. The van der Waals surface area contributed by atoms with E-state index in [2.05, 4.69) is 15.9 Å². The first-order valence-corrected chi connectivity index (χ1v) is 6.41. The monoisotopic (exact) mass is 302 g/mol. The Hall–Kier alpha value is -0.910. The van der Waals surface area contributed by atoms with Crippen LogP contribution in [-0.4, -0.2) is 26.6 Å². The highest BCUT2D eigenvalue weighted by Gasteiger charge is 2.19. The number of alkyl halides is 1. The second-order valence-electron chi connectivity index (χ2n) is 3.72. The Morgan fingerprint density at radius 2 is 2.12 bits per heavy atom. The van der Waals surface area contributed by atoms with E-state index in [-0.39, 0.29) is 6.61 Å². The fourth-order valence-electron chi connectivity index (χ4n) is 1.62. The van der Waals surface area contributed by atoms with Gasteiger partial charge < -0.3 is 15.3 Å². The molecule has 5 heteroatoms.